The summed E-state index contributed by atoms with van der Waals surface area (Å²) in [6.07, 6.45) is 1.75. The fourth-order valence-corrected chi connectivity index (χ4v) is 5.65. The van der Waals surface area contributed by atoms with Crippen molar-refractivity contribution < 1.29 is 23.7 Å². The van der Waals surface area contributed by atoms with Crippen molar-refractivity contribution in [1.82, 2.24) is 4.57 Å². The maximum atomic E-state index is 14.1. The first-order valence-electron chi connectivity index (χ1n) is 12.6. The molecular weight excluding hydrogens is 528 g/mol. The average Bonchev–Trinajstić information content (AvgIpc) is 3.30. The Balaban J connectivity index is 1.84. The van der Waals surface area contributed by atoms with E-state index in [-0.39, 0.29) is 17.7 Å². The van der Waals surface area contributed by atoms with Gasteiger partial charge < -0.3 is 18.9 Å². The second-order valence-electron chi connectivity index (χ2n) is 8.82. The molecule has 1 atom stereocenters. The summed E-state index contributed by atoms with van der Waals surface area (Å²) < 4.78 is 23.9. The van der Waals surface area contributed by atoms with Gasteiger partial charge >= 0.3 is 5.97 Å². The number of carbonyl (C=O) groups is 1. The Hall–Kier alpha value is -4.63. The molecule has 1 aliphatic heterocycles. The number of nitrogens with zero attached hydrogens (tertiary/aromatic N) is 2. The van der Waals surface area contributed by atoms with E-state index in [1.165, 1.54) is 11.3 Å². The van der Waals surface area contributed by atoms with Crippen molar-refractivity contribution in [2.24, 2.45) is 4.99 Å². The first kappa shape index (κ1) is 27.0. The molecule has 0 N–H and O–H groups in total. The number of rotatable bonds is 8. The van der Waals surface area contributed by atoms with Crippen LogP contribution in [0, 0.1) is 0 Å². The number of methoxy groups -OCH3 is 3. The molecule has 2 heterocycles. The second kappa shape index (κ2) is 11.6. The molecule has 0 saturated heterocycles. The first-order valence-corrected chi connectivity index (χ1v) is 13.4. The van der Waals surface area contributed by atoms with Crippen LogP contribution in [0.15, 0.2) is 88.2 Å². The molecule has 1 aliphatic rings. The van der Waals surface area contributed by atoms with Gasteiger partial charge in [-0.05, 0) is 48.9 Å². The molecule has 9 heteroatoms. The lowest BCUT2D eigenvalue weighted by atomic mass is 9.93. The molecule has 0 bridgehead atoms. The molecule has 0 radical (unpaired) electrons. The van der Waals surface area contributed by atoms with Gasteiger partial charge in [0, 0.05) is 11.1 Å². The highest BCUT2D eigenvalue weighted by molar-refractivity contribution is 7.07. The molecule has 0 aliphatic carbocycles. The molecule has 1 aromatic heterocycles. The van der Waals surface area contributed by atoms with Crippen molar-refractivity contribution in [2.75, 3.05) is 27.9 Å². The maximum absolute atomic E-state index is 14.1. The van der Waals surface area contributed by atoms with Crippen LogP contribution in [-0.2, 0) is 9.53 Å². The third-order valence-corrected chi connectivity index (χ3v) is 7.49. The minimum Gasteiger partial charge on any atom is -0.497 e. The monoisotopic (exact) mass is 556 g/mol. The SMILES string of the molecule is CCOC(=O)C1=C(c2ccccc2)N=c2s/c(=C/c3cc(OC)ccc3OC)c(=O)n2[C@@H]1c1cccc(OC)c1. The van der Waals surface area contributed by atoms with E-state index in [9.17, 15) is 9.59 Å². The largest absolute Gasteiger partial charge is 0.497 e. The molecule has 0 spiro atoms. The van der Waals surface area contributed by atoms with Gasteiger partial charge in [0.1, 0.15) is 17.2 Å². The lowest BCUT2D eigenvalue weighted by Gasteiger charge is -2.26. The van der Waals surface area contributed by atoms with Crippen LogP contribution in [-0.4, -0.2) is 38.5 Å². The molecule has 40 heavy (non-hydrogen) atoms. The van der Waals surface area contributed by atoms with E-state index >= 15 is 0 Å². The van der Waals surface area contributed by atoms with Crippen LogP contribution < -0.4 is 29.1 Å². The Morgan fingerprint density at radius 2 is 1.70 bits per heavy atom. The summed E-state index contributed by atoms with van der Waals surface area (Å²) in [5.41, 5.74) is 2.55. The van der Waals surface area contributed by atoms with Gasteiger partial charge in [0.15, 0.2) is 4.80 Å². The van der Waals surface area contributed by atoms with Crippen molar-refractivity contribution in [3.63, 3.8) is 0 Å². The Labute approximate surface area is 235 Å². The molecule has 5 rings (SSSR count). The standard InChI is InChI=1S/C31H28N2O6S/c1-5-39-30(35)26-27(19-10-7-6-8-11-19)32-31-33(28(26)20-12-9-13-22(16-20)36-2)29(34)25(40-31)18-21-17-23(37-3)14-15-24(21)38-4/h6-18,28H,5H2,1-4H3/b25-18+/t28-/m1/s1. The molecule has 0 amide bonds. The molecule has 204 valence electrons. The number of hydrogen-bond donors (Lipinski definition) is 0. The third kappa shape index (κ3) is 5.03. The van der Waals surface area contributed by atoms with Crippen LogP contribution in [0.5, 0.6) is 17.2 Å². The fourth-order valence-electron chi connectivity index (χ4n) is 4.66. The summed E-state index contributed by atoms with van der Waals surface area (Å²) in [5, 5.41) is 0. The van der Waals surface area contributed by atoms with Crippen molar-refractivity contribution in [2.45, 2.75) is 13.0 Å². The second-order valence-corrected chi connectivity index (χ2v) is 9.83. The zero-order valence-electron chi connectivity index (χ0n) is 22.5. The van der Waals surface area contributed by atoms with E-state index in [2.05, 4.69) is 0 Å². The first-order chi connectivity index (χ1) is 19.5. The molecule has 3 aromatic carbocycles. The third-order valence-electron chi connectivity index (χ3n) is 6.51. The number of benzene rings is 3. The molecule has 4 aromatic rings. The van der Waals surface area contributed by atoms with E-state index < -0.39 is 12.0 Å². The number of aromatic nitrogens is 1. The quantitative estimate of drug-likeness (QED) is 0.306. The van der Waals surface area contributed by atoms with E-state index in [0.29, 0.717) is 43.4 Å². The van der Waals surface area contributed by atoms with Crippen molar-refractivity contribution in [3.8, 4) is 17.2 Å². The number of carbonyl (C=O) groups excluding carboxylic acids is 1. The molecule has 0 fully saturated rings. The van der Waals surface area contributed by atoms with Gasteiger partial charge in [-0.2, -0.15) is 0 Å². The van der Waals surface area contributed by atoms with Crippen LogP contribution in [0.2, 0.25) is 0 Å². The highest BCUT2D eigenvalue weighted by Crippen LogP contribution is 2.36. The van der Waals surface area contributed by atoms with Crippen molar-refractivity contribution >= 4 is 29.1 Å². The van der Waals surface area contributed by atoms with Gasteiger partial charge in [-0.25, -0.2) is 9.79 Å². The lowest BCUT2D eigenvalue weighted by Crippen LogP contribution is -2.40. The summed E-state index contributed by atoms with van der Waals surface area (Å²) in [6, 6.07) is 21.3. The zero-order valence-corrected chi connectivity index (χ0v) is 23.4. The summed E-state index contributed by atoms with van der Waals surface area (Å²) in [4.78, 5) is 33.0. The summed E-state index contributed by atoms with van der Waals surface area (Å²) in [5.74, 6) is 1.28. The summed E-state index contributed by atoms with van der Waals surface area (Å²) in [6.45, 7) is 1.92. The van der Waals surface area contributed by atoms with Crippen LogP contribution in [0.25, 0.3) is 11.8 Å². The minimum atomic E-state index is -0.796. The lowest BCUT2D eigenvalue weighted by molar-refractivity contribution is -0.138. The Bertz CT molecular complexity index is 1770. The van der Waals surface area contributed by atoms with Gasteiger partial charge in [-0.15, -0.1) is 0 Å². The predicted molar refractivity (Wildman–Crippen MR) is 154 cm³/mol. The topological polar surface area (TPSA) is 88.4 Å². The van der Waals surface area contributed by atoms with E-state index in [4.69, 9.17) is 23.9 Å². The Morgan fingerprint density at radius 3 is 2.40 bits per heavy atom. The van der Waals surface area contributed by atoms with Crippen LogP contribution >= 0.6 is 11.3 Å². The van der Waals surface area contributed by atoms with Crippen LogP contribution in [0.4, 0.5) is 0 Å². The molecule has 0 saturated carbocycles. The van der Waals surface area contributed by atoms with Gasteiger partial charge in [0.2, 0.25) is 0 Å². The highest BCUT2D eigenvalue weighted by atomic mass is 32.1. The number of esters is 1. The van der Waals surface area contributed by atoms with Crippen molar-refractivity contribution in [3.05, 3.63) is 115 Å². The molecule has 0 unspecified atom stereocenters. The fraction of sp³-hybridized carbons (Fsp3) is 0.194. The number of fused-ring (bicyclic) bond motifs is 1. The number of hydrogen-bond acceptors (Lipinski definition) is 8. The van der Waals surface area contributed by atoms with Crippen molar-refractivity contribution in [1.29, 1.82) is 0 Å². The van der Waals surface area contributed by atoms with E-state index in [0.717, 1.165) is 5.56 Å². The normalized spacial score (nSPS) is 14.8. The van der Waals surface area contributed by atoms with Gasteiger partial charge in [-0.1, -0.05) is 53.8 Å². The van der Waals surface area contributed by atoms with Gasteiger partial charge in [-0.3, -0.25) is 9.36 Å². The average molecular weight is 557 g/mol. The zero-order chi connectivity index (χ0) is 28.2. The molecule has 8 nitrogen and oxygen atoms in total. The van der Waals surface area contributed by atoms with Crippen LogP contribution in [0.3, 0.4) is 0 Å². The number of thiazole rings is 1. The predicted octanol–water partition coefficient (Wildman–Crippen LogP) is 3.96. The smallest absolute Gasteiger partial charge is 0.338 e. The van der Waals surface area contributed by atoms with Gasteiger partial charge in [0.05, 0.1) is 49.8 Å². The van der Waals surface area contributed by atoms with Crippen LogP contribution in [0.1, 0.15) is 29.7 Å². The van der Waals surface area contributed by atoms with E-state index in [1.54, 1.807) is 57.1 Å². The number of ether oxygens (including phenoxy) is 4. The minimum absolute atomic E-state index is 0.176. The van der Waals surface area contributed by atoms with E-state index in [1.807, 2.05) is 54.6 Å². The summed E-state index contributed by atoms with van der Waals surface area (Å²) in [7, 11) is 4.72. The Kier molecular flexibility index (Phi) is 7.84. The summed E-state index contributed by atoms with van der Waals surface area (Å²) >= 11 is 1.24. The van der Waals surface area contributed by atoms with Gasteiger partial charge in [0.25, 0.3) is 5.56 Å². The maximum Gasteiger partial charge on any atom is 0.338 e. The molecular formula is C31H28N2O6S. The Morgan fingerprint density at radius 1 is 0.950 bits per heavy atom. The highest BCUT2D eigenvalue weighted by Gasteiger charge is 2.35.